The first-order valence-electron chi connectivity index (χ1n) is 6.53. The SMILES string of the molecule is CC(=O)c1cc(Br)ccc1OS(=O)(=O)c1cc(C)ccc1C. The normalized spacial score (nSPS) is 11.3. The molecule has 0 aliphatic carbocycles. The van der Waals surface area contributed by atoms with Crippen LogP contribution in [0.4, 0.5) is 0 Å². The van der Waals surface area contributed by atoms with E-state index in [9.17, 15) is 13.2 Å². The van der Waals surface area contributed by atoms with E-state index in [2.05, 4.69) is 15.9 Å². The van der Waals surface area contributed by atoms with Gasteiger partial charge in [-0.1, -0.05) is 28.1 Å². The van der Waals surface area contributed by atoms with Gasteiger partial charge in [0, 0.05) is 4.47 Å². The third-order valence-corrected chi connectivity index (χ3v) is 5.00. The molecule has 0 aliphatic heterocycles. The minimum Gasteiger partial charge on any atom is -0.378 e. The van der Waals surface area contributed by atoms with Gasteiger partial charge in [0.2, 0.25) is 0 Å². The van der Waals surface area contributed by atoms with Gasteiger partial charge in [-0.3, -0.25) is 4.79 Å². The highest BCUT2D eigenvalue weighted by Crippen LogP contribution is 2.28. The molecule has 0 radical (unpaired) electrons. The zero-order valence-corrected chi connectivity index (χ0v) is 14.8. The van der Waals surface area contributed by atoms with Gasteiger partial charge in [-0.25, -0.2) is 0 Å². The molecule has 0 aliphatic rings. The Morgan fingerprint density at radius 2 is 1.77 bits per heavy atom. The number of Topliss-reactive ketones (excluding diaryl/α,β-unsaturated/α-hetero) is 1. The Hall–Kier alpha value is -1.66. The van der Waals surface area contributed by atoms with Crippen molar-refractivity contribution in [2.24, 2.45) is 0 Å². The lowest BCUT2D eigenvalue weighted by Gasteiger charge is -2.12. The number of halogens is 1. The maximum atomic E-state index is 12.5. The number of hydrogen-bond donors (Lipinski definition) is 0. The van der Waals surface area contributed by atoms with Gasteiger partial charge < -0.3 is 4.18 Å². The van der Waals surface area contributed by atoms with Crippen LogP contribution in [0.5, 0.6) is 5.75 Å². The van der Waals surface area contributed by atoms with Crippen LogP contribution < -0.4 is 4.18 Å². The van der Waals surface area contributed by atoms with Crippen molar-refractivity contribution in [2.45, 2.75) is 25.7 Å². The molecule has 0 bridgehead atoms. The Balaban J connectivity index is 2.50. The van der Waals surface area contributed by atoms with Crippen molar-refractivity contribution in [1.82, 2.24) is 0 Å². The van der Waals surface area contributed by atoms with Crippen LogP contribution in [0.3, 0.4) is 0 Å². The number of rotatable bonds is 4. The van der Waals surface area contributed by atoms with Gasteiger partial charge in [0.05, 0.1) is 5.56 Å². The highest BCUT2D eigenvalue weighted by molar-refractivity contribution is 9.10. The first kappa shape index (κ1) is 16.7. The molecule has 0 heterocycles. The van der Waals surface area contributed by atoms with Gasteiger partial charge in [0.1, 0.15) is 4.90 Å². The summed E-state index contributed by atoms with van der Waals surface area (Å²) in [5.41, 5.74) is 1.62. The van der Waals surface area contributed by atoms with Gasteiger partial charge >= 0.3 is 10.1 Å². The third-order valence-electron chi connectivity index (χ3n) is 3.13. The fourth-order valence-electron chi connectivity index (χ4n) is 1.99. The number of carbonyl (C=O) groups excluding carboxylic acids is 1. The molecule has 0 N–H and O–H groups in total. The maximum absolute atomic E-state index is 12.5. The summed E-state index contributed by atoms with van der Waals surface area (Å²) in [5.74, 6) is -0.246. The number of hydrogen-bond acceptors (Lipinski definition) is 4. The van der Waals surface area contributed by atoms with Gasteiger partial charge in [-0.15, -0.1) is 0 Å². The minimum absolute atomic E-state index is 0.0246. The molecule has 4 nitrogen and oxygen atoms in total. The van der Waals surface area contributed by atoms with Crippen LogP contribution in [-0.2, 0) is 10.1 Å². The second-order valence-corrected chi connectivity index (χ2v) is 7.43. The average Bonchev–Trinajstić information content (AvgIpc) is 2.43. The molecule has 6 heteroatoms. The predicted octanol–water partition coefficient (Wildman–Crippen LogP) is 4.04. The number of aryl methyl sites for hydroxylation is 2. The second-order valence-electron chi connectivity index (χ2n) is 5.00. The Morgan fingerprint density at radius 1 is 1.09 bits per heavy atom. The monoisotopic (exact) mass is 382 g/mol. The van der Waals surface area contributed by atoms with Crippen molar-refractivity contribution in [1.29, 1.82) is 0 Å². The molecule has 2 aromatic rings. The van der Waals surface area contributed by atoms with Crippen molar-refractivity contribution in [2.75, 3.05) is 0 Å². The summed E-state index contributed by atoms with van der Waals surface area (Å²) in [6.45, 7) is 4.86. The summed E-state index contributed by atoms with van der Waals surface area (Å²) in [7, 11) is -4.00. The quantitative estimate of drug-likeness (QED) is 0.591. The molecular weight excluding hydrogens is 368 g/mol. The van der Waals surface area contributed by atoms with Crippen LogP contribution in [0.2, 0.25) is 0 Å². The van der Waals surface area contributed by atoms with Crippen molar-refractivity contribution in [3.05, 3.63) is 57.6 Å². The molecule has 0 spiro atoms. The molecule has 0 saturated carbocycles. The molecule has 2 aromatic carbocycles. The van der Waals surface area contributed by atoms with Gasteiger partial charge in [0.15, 0.2) is 11.5 Å². The van der Waals surface area contributed by atoms with E-state index in [1.54, 1.807) is 32.0 Å². The van der Waals surface area contributed by atoms with E-state index in [4.69, 9.17) is 4.18 Å². The Labute approximate surface area is 138 Å². The molecule has 0 fully saturated rings. The third kappa shape index (κ3) is 3.56. The van der Waals surface area contributed by atoms with Gasteiger partial charge in [0.25, 0.3) is 0 Å². The highest BCUT2D eigenvalue weighted by Gasteiger charge is 2.22. The van der Waals surface area contributed by atoms with E-state index in [-0.39, 0.29) is 22.0 Å². The maximum Gasteiger partial charge on any atom is 0.339 e. The van der Waals surface area contributed by atoms with Crippen LogP contribution in [0, 0.1) is 13.8 Å². The average molecular weight is 383 g/mol. The van der Waals surface area contributed by atoms with E-state index in [1.165, 1.54) is 19.1 Å². The molecule has 116 valence electrons. The van der Waals surface area contributed by atoms with Crippen LogP contribution in [0.1, 0.15) is 28.4 Å². The first-order valence-corrected chi connectivity index (χ1v) is 8.73. The van der Waals surface area contributed by atoms with Crippen LogP contribution in [0.15, 0.2) is 45.8 Å². The zero-order valence-electron chi connectivity index (χ0n) is 12.4. The number of carbonyl (C=O) groups is 1. The lowest BCUT2D eigenvalue weighted by atomic mass is 10.1. The predicted molar refractivity (Wildman–Crippen MR) is 87.9 cm³/mol. The summed E-state index contributed by atoms with van der Waals surface area (Å²) >= 11 is 3.25. The molecular formula is C16H15BrO4S. The lowest BCUT2D eigenvalue weighted by molar-refractivity contribution is 0.101. The van der Waals surface area contributed by atoms with Gasteiger partial charge in [-0.2, -0.15) is 8.42 Å². The molecule has 2 rings (SSSR count). The molecule has 0 saturated heterocycles. The Kier molecular flexibility index (Phi) is 4.72. The highest BCUT2D eigenvalue weighted by atomic mass is 79.9. The number of ketones is 1. The molecule has 0 aromatic heterocycles. The fraction of sp³-hybridized carbons (Fsp3) is 0.188. The van der Waals surface area contributed by atoms with E-state index in [0.29, 0.717) is 10.0 Å². The topological polar surface area (TPSA) is 60.4 Å². The number of benzene rings is 2. The smallest absolute Gasteiger partial charge is 0.339 e. The summed E-state index contributed by atoms with van der Waals surface area (Å²) in [4.78, 5) is 11.8. The second kappa shape index (κ2) is 6.22. The fourth-order valence-corrected chi connectivity index (χ4v) is 3.61. The molecule has 0 unspecified atom stereocenters. The first-order chi connectivity index (χ1) is 10.2. The van der Waals surface area contributed by atoms with Crippen LogP contribution in [0.25, 0.3) is 0 Å². The van der Waals surface area contributed by atoms with Gasteiger partial charge in [-0.05, 0) is 56.2 Å². The summed E-state index contributed by atoms with van der Waals surface area (Å²) < 4.78 is 30.9. The van der Waals surface area contributed by atoms with Crippen molar-refractivity contribution in [3.63, 3.8) is 0 Å². The van der Waals surface area contributed by atoms with Crippen LogP contribution >= 0.6 is 15.9 Å². The Bertz CT molecular complexity index is 841. The van der Waals surface area contributed by atoms with E-state index in [0.717, 1.165) is 5.56 Å². The van der Waals surface area contributed by atoms with E-state index < -0.39 is 10.1 Å². The largest absolute Gasteiger partial charge is 0.378 e. The summed E-state index contributed by atoms with van der Waals surface area (Å²) in [6.07, 6.45) is 0. The van der Waals surface area contributed by atoms with Crippen molar-refractivity contribution in [3.8, 4) is 5.75 Å². The van der Waals surface area contributed by atoms with Crippen LogP contribution in [-0.4, -0.2) is 14.2 Å². The zero-order chi connectivity index (χ0) is 16.5. The minimum atomic E-state index is -4.00. The van der Waals surface area contributed by atoms with E-state index >= 15 is 0 Å². The molecule has 0 amide bonds. The lowest BCUT2D eigenvalue weighted by Crippen LogP contribution is -2.13. The Morgan fingerprint density at radius 3 is 2.41 bits per heavy atom. The van der Waals surface area contributed by atoms with Crippen molar-refractivity contribution < 1.29 is 17.4 Å². The molecule has 0 atom stereocenters. The summed E-state index contributed by atoms with van der Waals surface area (Å²) in [6, 6.07) is 9.73. The standard InChI is InChI=1S/C16H15BrO4S/c1-10-4-5-11(2)16(8-10)22(19,20)21-15-7-6-13(17)9-14(15)12(3)18/h4-9H,1-3H3. The van der Waals surface area contributed by atoms with Crippen molar-refractivity contribution >= 4 is 31.8 Å². The molecule has 22 heavy (non-hydrogen) atoms. The summed E-state index contributed by atoms with van der Waals surface area (Å²) in [5, 5.41) is 0. The van der Waals surface area contributed by atoms with E-state index in [1.807, 2.05) is 6.07 Å².